The van der Waals surface area contributed by atoms with Crippen molar-refractivity contribution in [2.75, 3.05) is 33.3 Å². The summed E-state index contributed by atoms with van der Waals surface area (Å²) in [5, 5.41) is 4.56. The van der Waals surface area contributed by atoms with Gasteiger partial charge in [0.1, 0.15) is 10.8 Å². The van der Waals surface area contributed by atoms with Crippen LogP contribution in [0.25, 0.3) is 0 Å². The Bertz CT molecular complexity index is 981. The van der Waals surface area contributed by atoms with Crippen LogP contribution in [0.2, 0.25) is 0 Å². The molecule has 0 atom stereocenters. The second kappa shape index (κ2) is 11.3. The van der Waals surface area contributed by atoms with Crippen LogP contribution in [0, 0.1) is 19.8 Å². The minimum absolute atomic E-state index is 0.0359. The van der Waals surface area contributed by atoms with Crippen LogP contribution in [0.5, 0.6) is 0 Å². The Morgan fingerprint density at radius 2 is 2.00 bits per heavy atom. The highest BCUT2D eigenvalue weighted by molar-refractivity contribution is 7.98. The molecule has 0 aromatic carbocycles. The van der Waals surface area contributed by atoms with E-state index in [4.69, 9.17) is 9.26 Å². The number of ether oxygens (including phenoxy) is 1. The maximum atomic E-state index is 13.1. The van der Waals surface area contributed by atoms with Crippen molar-refractivity contribution in [1.82, 2.24) is 19.9 Å². The lowest BCUT2D eigenvalue weighted by Crippen LogP contribution is -2.45. The molecule has 10 heteroatoms. The summed E-state index contributed by atoms with van der Waals surface area (Å²) >= 11 is 1.43. The molecule has 0 bridgehead atoms. The highest BCUT2D eigenvalue weighted by Gasteiger charge is 2.29. The first kappa shape index (κ1) is 24.8. The van der Waals surface area contributed by atoms with Gasteiger partial charge in [-0.15, -0.1) is 11.8 Å². The molecule has 178 valence electrons. The van der Waals surface area contributed by atoms with Crippen LogP contribution < -0.4 is 0 Å². The van der Waals surface area contributed by atoms with Crippen LogP contribution in [0.15, 0.2) is 27.9 Å². The molecule has 0 unspecified atom stereocenters. The number of carbonyl (C=O) groups is 3. The van der Waals surface area contributed by atoms with Crippen molar-refractivity contribution in [3.05, 3.63) is 40.9 Å². The molecule has 0 saturated carbocycles. The van der Waals surface area contributed by atoms with Gasteiger partial charge in [0.2, 0.25) is 5.91 Å². The molecule has 0 spiro atoms. The summed E-state index contributed by atoms with van der Waals surface area (Å²) in [5.41, 5.74) is 2.25. The van der Waals surface area contributed by atoms with E-state index < -0.39 is 0 Å². The third-order valence-electron chi connectivity index (χ3n) is 5.72. The van der Waals surface area contributed by atoms with Crippen LogP contribution in [-0.2, 0) is 20.1 Å². The Morgan fingerprint density at radius 3 is 2.64 bits per heavy atom. The number of hydrogen-bond acceptors (Lipinski definition) is 8. The van der Waals surface area contributed by atoms with Crippen LogP contribution in [0.3, 0.4) is 0 Å². The fourth-order valence-corrected chi connectivity index (χ4v) is 4.86. The normalized spacial score (nSPS) is 14.2. The molecule has 1 fully saturated rings. The third kappa shape index (κ3) is 6.13. The van der Waals surface area contributed by atoms with Crippen molar-refractivity contribution in [1.29, 1.82) is 0 Å². The minimum Gasteiger partial charge on any atom is -0.466 e. The van der Waals surface area contributed by atoms with Crippen molar-refractivity contribution in [3.8, 4) is 0 Å². The SMILES string of the molecule is CCOC(=O)C1CCN(C(=O)CN(C)C(=O)c2cccnc2SCc2c(C)noc2C)CC1. The summed E-state index contributed by atoms with van der Waals surface area (Å²) in [4.78, 5) is 45.3. The van der Waals surface area contributed by atoms with Gasteiger partial charge in [-0.3, -0.25) is 14.4 Å². The number of amides is 2. The van der Waals surface area contributed by atoms with Crippen molar-refractivity contribution in [2.24, 2.45) is 5.92 Å². The molecule has 1 saturated heterocycles. The molecule has 0 radical (unpaired) electrons. The zero-order valence-electron chi connectivity index (χ0n) is 19.5. The Balaban J connectivity index is 1.58. The molecule has 1 aliphatic rings. The molecule has 0 N–H and O–H groups in total. The van der Waals surface area contributed by atoms with E-state index in [0.29, 0.717) is 48.9 Å². The number of nitrogens with zero attached hydrogens (tertiary/aromatic N) is 4. The number of carbonyl (C=O) groups excluding carboxylic acids is 3. The highest BCUT2D eigenvalue weighted by Crippen LogP contribution is 2.28. The number of pyridine rings is 1. The molecule has 2 aromatic heterocycles. The fraction of sp³-hybridized carbons (Fsp3) is 0.522. The van der Waals surface area contributed by atoms with Gasteiger partial charge >= 0.3 is 5.97 Å². The molecule has 0 aliphatic carbocycles. The van der Waals surface area contributed by atoms with Gasteiger partial charge < -0.3 is 19.1 Å². The average molecular weight is 475 g/mol. The molecule has 3 rings (SSSR count). The number of aryl methyl sites for hydroxylation is 2. The zero-order chi connectivity index (χ0) is 24.0. The number of hydrogen-bond donors (Lipinski definition) is 0. The summed E-state index contributed by atoms with van der Waals surface area (Å²) < 4.78 is 10.3. The fourth-order valence-electron chi connectivity index (χ4n) is 3.72. The first-order chi connectivity index (χ1) is 15.8. The maximum Gasteiger partial charge on any atom is 0.309 e. The molecule has 9 nitrogen and oxygen atoms in total. The number of thioether (sulfide) groups is 1. The van der Waals surface area contributed by atoms with E-state index in [2.05, 4.69) is 10.1 Å². The standard InChI is InChI=1S/C23H30N4O5S/c1-5-31-23(30)17-8-11-27(12-9-17)20(28)13-26(4)22(29)18-7-6-10-24-21(18)33-14-19-15(2)25-32-16(19)3/h6-7,10,17H,5,8-9,11-14H2,1-4H3. The van der Waals surface area contributed by atoms with Crippen molar-refractivity contribution >= 4 is 29.5 Å². The van der Waals surface area contributed by atoms with E-state index in [-0.39, 0.29) is 30.2 Å². The Hall–Kier alpha value is -2.88. The number of rotatable bonds is 8. The van der Waals surface area contributed by atoms with Crippen LogP contribution in [0.1, 0.15) is 47.1 Å². The molecule has 33 heavy (non-hydrogen) atoms. The van der Waals surface area contributed by atoms with E-state index in [0.717, 1.165) is 17.0 Å². The third-order valence-corrected chi connectivity index (χ3v) is 6.75. The van der Waals surface area contributed by atoms with Gasteiger partial charge in [-0.05, 0) is 45.7 Å². The largest absolute Gasteiger partial charge is 0.466 e. The lowest BCUT2D eigenvalue weighted by atomic mass is 9.97. The van der Waals surface area contributed by atoms with E-state index in [1.54, 1.807) is 37.2 Å². The first-order valence-corrected chi connectivity index (χ1v) is 12.0. The quantitative estimate of drug-likeness (QED) is 0.425. The summed E-state index contributed by atoms with van der Waals surface area (Å²) in [5.74, 6) is 0.562. The Morgan fingerprint density at radius 1 is 1.27 bits per heavy atom. The summed E-state index contributed by atoms with van der Waals surface area (Å²) in [7, 11) is 1.61. The van der Waals surface area contributed by atoms with Gasteiger partial charge in [0, 0.05) is 37.7 Å². The molecule has 2 amide bonds. The Kier molecular flexibility index (Phi) is 8.49. The second-order valence-corrected chi connectivity index (χ2v) is 8.98. The number of aromatic nitrogens is 2. The monoisotopic (exact) mass is 474 g/mol. The van der Waals surface area contributed by atoms with Gasteiger partial charge in [-0.2, -0.15) is 0 Å². The minimum atomic E-state index is -0.265. The summed E-state index contributed by atoms with van der Waals surface area (Å²) in [6.45, 7) is 6.81. The molecule has 1 aliphatic heterocycles. The van der Waals surface area contributed by atoms with Crippen molar-refractivity contribution in [3.63, 3.8) is 0 Å². The van der Waals surface area contributed by atoms with E-state index in [9.17, 15) is 14.4 Å². The lowest BCUT2D eigenvalue weighted by Gasteiger charge is -2.32. The Labute approximate surface area is 197 Å². The van der Waals surface area contributed by atoms with E-state index in [1.807, 2.05) is 13.8 Å². The van der Waals surface area contributed by atoms with Gasteiger partial charge in [-0.1, -0.05) is 5.16 Å². The predicted molar refractivity (Wildman–Crippen MR) is 123 cm³/mol. The predicted octanol–water partition coefficient (Wildman–Crippen LogP) is 2.85. The van der Waals surface area contributed by atoms with Gasteiger partial charge in [0.05, 0.1) is 30.3 Å². The van der Waals surface area contributed by atoms with Crippen LogP contribution >= 0.6 is 11.8 Å². The number of esters is 1. The molecule has 2 aromatic rings. The number of piperidine rings is 1. The molecule has 3 heterocycles. The van der Waals surface area contributed by atoms with Crippen LogP contribution in [0.4, 0.5) is 0 Å². The second-order valence-electron chi connectivity index (χ2n) is 8.02. The van der Waals surface area contributed by atoms with Crippen LogP contribution in [-0.4, -0.2) is 71.0 Å². The first-order valence-electron chi connectivity index (χ1n) is 11.0. The lowest BCUT2D eigenvalue weighted by molar-refractivity contribution is -0.151. The van der Waals surface area contributed by atoms with Gasteiger partial charge in [0.25, 0.3) is 5.91 Å². The van der Waals surface area contributed by atoms with E-state index >= 15 is 0 Å². The highest BCUT2D eigenvalue weighted by atomic mass is 32.2. The molecular weight excluding hydrogens is 444 g/mol. The zero-order valence-corrected chi connectivity index (χ0v) is 20.3. The summed E-state index contributed by atoms with van der Waals surface area (Å²) in [6, 6.07) is 3.43. The smallest absolute Gasteiger partial charge is 0.309 e. The topological polar surface area (TPSA) is 106 Å². The van der Waals surface area contributed by atoms with E-state index in [1.165, 1.54) is 16.7 Å². The number of likely N-dealkylation sites (tertiary alicyclic amines) is 1. The maximum absolute atomic E-state index is 13.1. The summed E-state index contributed by atoms with van der Waals surface area (Å²) in [6.07, 6.45) is 2.80. The van der Waals surface area contributed by atoms with Gasteiger partial charge in [-0.25, -0.2) is 4.98 Å². The van der Waals surface area contributed by atoms with Crippen molar-refractivity contribution < 1.29 is 23.6 Å². The van der Waals surface area contributed by atoms with Crippen molar-refractivity contribution in [2.45, 2.75) is 44.4 Å². The average Bonchev–Trinajstić information content (AvgIpc) is 3.14. The molecular formula is C23H30N4O5S. The number of likely N-dealkylation sites (N-methyl/N-ethyl adjacent to an activating group) is 1. The van der Waals surface area contributed by atoms with Gasteiger partial charge in [0.15, 0.2) is 0 Å².